The molecule has 1 aromatic heterocycles. The van der Waals surface area contributed by atoms with Gasteiger partial charge in [-0.3, -0.25) is 0 Å². The van der Waals surface area contributed by atoms with Crippen molar-refractivity contribution in [3.8, 4) is 11.4 Å². The van der Waals surface area contributed by atoms with Crippen LogP contribution in [0.5, 0.6) is 0 Å². The normalized spacial score (nSPS) is 10.1. The second-order valence-corrected chi connectivity index (χ2v) is 2.93. The summed E-state index contributed by atoms with van der Waals surface area (Å²) in [5.74, 6) is 0.633. The van der Waals surface area contributed by atoms with Gasteiger partial charge in [0.2, 0.25) is 0 Å². The van der Waals surface area contributed by atoms with E-state index in [1.165, 1.54) is 6.20 Å². The molecule has 0 amide bonds. The molecular weight excluding hydrogens is 179 g/mol. The molecule has 0 atom stereocenters. The maximum absolute atomic E-state index is 8.87. The van der Waals surface area contributed by atoms with Crippen LogP contribution in [0.4, 0.5) is 0 Å². The van der Waals surface area contributed by atoms with Crippen LogP contribution in [0.25, 0.3) is 11.4 Å². The second kappa shape index (κ2) is 3.65. The van der Waals surface area contributed by atoms with E-state index in [0.717, 1.165) is 5.56 Å². The van der Waals surface area contributed by atoms with E-state index in [1.54, 1.807) is 0 Å². The maximum atomic E-state index is 8.87. The number of imidazole rings is 1. The van der Waals surface area contributed by atoms with E-state index in [0.29, 0.717) is 11.4 Å². The molecule has 0 fully saturated rings. The molecule has 3 N–H and O–H groups in total. The number of H-pyrrole nitrogens is 1. The fourth-order valence-electron chi connectivity index (χ4n) is 1.21. The smallest absolute Gasteiger partial charge is 0.422 e. The molecule has 0 saturated heterocycles. The van der Waals surface area contributed by atoms with Crippen molar-refractivity contribution in [2.24, 2.45) is 0 Å². The number of benzene rings is 1. The summed E-state index contributed by atoms with van der Waals surface area (Å²) in [4.78, 5) is 6.85. The van der Waals surface area contributed by atoms with Crippen LogP contribution in [0.2, 0.25) is 0 Å². The van der Waals surface area contributed by atoms with Crippen LogP contribution in [0, 0.1) is 0 Å². The third-order valence-corrected chi connectivity index (χ3v) is 1.92. The minimum absolute atomic E-state index is 0.295. The number of nitrogens with one attached hydrogen (secondary N) is 1. The lowest BCUT2D eigenvalue weighted by atomic mass is 9.87. The van der Waals surface area contributed by atoms with E-state index in [1.807, 2.05) is 30.3 Å². The fraction of sp³-hybridized carbons (Fsp3) is 0. The lowest BCUT2D eigenvalue weighted by molar-refractivity contribution is 0.424. The van der Waals surface area contributed by atoms with Crippen molar-refractivity contribution in [3.63, 3.8) is 0 Å². The Morgan fingerprint density at radius 2 is 1.86 bits per heavy atom. The van der Waals surface area contributed by atoms with Crippen LogP contribution >= 0.6 is 0 Å². The van der Waals surface area contributed by atoms with Crippen molar-refractivity contribution in [1.82, 2.24) is 9.97 Å². The minimum atomic E-state index is -1.50. The second-order valence-electron chi connectivity index (χ2n) is 2.93. The Bertz CT molecular complexity index is 414. The molecule has 14 heavy (non-hydrogen) atoms. The maximum Gasteiger partial charge on any atom is 0.507 e. The Hall–Kier alpha value is -1.59. The van der Waals surface area contributed by atoms with Gasteiger partial charge in [-0.25, -0.2) is 4.98 Å². The Morgan fingerprint density at radius 1 is 1.14 bits per heavy atom. The zero-order chi connectivity index (χ0) is 9.97. The number of hydrogen-bond donors (Lipinski definition) is 3. The number of nitrogens with zero attached hydrogens (tertiary/aromatic N) is 1. The number of hydrogen-bond acceptors (Lipinski definition) is 3. The topological polar surface area (TPSA) is 69.1 Å². The molecule has 1 heterocycles. The van der Waals surface area contributed by atoms with Gasteiger partial charge in [-0.15, -0.1) is 0 Å². The summed E-state index contributed by atoms with van der Waals surface area (Å²) >= 11 is 0. The quantitative estimate of drug-likeness (QED) is 0.569. The molecule has 0 aliphatic heterocycles. The summed E-state index contributed by atoms with van der Waals surface area (Å²) in [7, 11) is -1.50. The lowest BCUT2D eigenvalue weighted by Gasteiger charge is -1.95. The highest BCUT2D eigenvalue weighted by Crippen LogP contribution is 2.11. The van der Waals surface area contributed by atoms with Gasteiger partial charge in [-0.1, -0.05) is 30.3 Å². The lowest BCUT2D eigenvalue weighted by Crippen LogP contribution is -2.30. The first-order valence-corrected chi connectivity index (χ1v) is 4.24. The van der Waals surface area contributed by atoms with E-state index in [-0.39, 0.29) is 0 Å². The largest absolute Gasteiger partial charge is 0.507 e. The van der Waals surface area contributed by atoms with Gasteiger partial charge in [0.15, 0.2) is 0 Å². The molecule has 0 spiro atoms. The molecule has 0 aliphatic carbocycles. The average Bonchev–Trinajstić information content (AvgIpc) is 2.68. The molecule has 0 saturated carbocycles. The van der Waals surface area contributed by atoms with Gasteiger partial charge in [0.25, 0.3) is 0 Å². The molecule has 0 bridgehead atoms. The van der Waals surface area contributed by atoms with Crippen molar-refractivity contribution in [2.45, 2.75) is 0 Å². The molecule has 1 aromatic carbocycles. The van der Waals surface area contributed by atoms with E-state index in [2.05, 4.69) is 9.97 Å². The summed E-state index contributed by atoms with van der Waals surface area (Å²) in [6.45, 7) is 0. The van der Waals surface area contributed by atoms with Crippen molar-refractivity contribution in [3.05, 3.63) is 36.5 Å². The third kappa shape index (κ3) is 1.68. The van der Waals surface area contributed by atoms with Crippen molar-refractivity contribution >= 4 is 12.7 Å². The van der Waals surface area contributed by atoms with Crippen LogP contribution in [-0.4, -0.2) is 27.1 Å². The molecule has 70 valence electrons. The summed E-state index contributed by atoms with van der Waals surface area (Å²) in [6.07, 6.45) is 1.41. The molecule has 5 heteroatoms. The van der Waals surface area contributed by atoms with Gasteiger partial charge >= 0.3 is 7.12 Å². The minimum Gasteiger partial charge on any atom is -0.422 e. The van der Waals surface area contributed by atoms with E-state index >= 15 is 0 Å². The molecule has 2 rings (SSSR count). The van der Waals surface area contributed by atoms with Gasteiger partial charge in [-0.2, -0.15) is 0 Å². The van der Waals surface area contributed by atoms with Gasteiger partial charge in [0, 0.05) is 11.8 Å². The monoisotopic (exact) mass is 188 g/mol. The fourth-order valence-corrected chi connectivity index (χ4v) is 1.21. The molecule has 0 unspecified atom stereocenters. The van der Waals surface area contributed by atoms with E-state index in [9.17, 15) is 0 Å². The molecule has 0 aliphatic rings. The van der Waals surface area contributed by atoms with E-state index in [4.69, 9.17) is 10.0 Å². The zero-order valence-electron chi connectivity index (χ0n) is 7.38. The Labute approximate surface area is 81.4 Å². The first kappa shape index (κ1) is 8.99. The van der Waals surface area contributed by atoms with Gasteiger partial charge in [0.05, 0.1) is 5.59 Å². The number of aromatic nitrogens is 2. The Morgan fingerprint density at radius 3 is 2.43 bits per heavy atom. The standard InChI is InChI=1S/C9H9BN2O2/c13-10(14)8-6-11-9(12-8)7-4-2-1-3-5-7/h1-6,13-14H,(H,11,12). The van der Waals surface area contributed by atoms with E-state index < -0.39 is 7.12 Å². The molecule has 0 radical (unpaired) electrons. The predicted octanol–water partition coefficient (Wildman–Crippen LogP) is -0.243. The summed E-state index contributed by atoms with van der Waals surface area (Å²) in [5.41, 5.74) is 1.21. The van der Waals surface area contributed by atoms with Crippen molar-refractivity contribution < 1.29 is 10.0 Å². The van der Waals surface area contributed by atoms with Crippen molar-refractivity contribution in [2.75, 3.05) is 0 Å². The molecule has 4 nitrogen and oxygen atoms in total. The first-order valence-electron chi connectivity index (χ1n) is 4.24. The average molecular weight is 188 g/mol. The SMILES string of the molecule is OB(O)c1cnc(-c2ccccc2)[nH]1. The van der Waals surface area contributed by atoms with Crippen molar-refractivity contribution in [1.29, 1.82) is 0 Å². The van der Waals surface area contributed by atoms with Crippen LogP contribution in [0.15, 0.2) is 36.5 Å². The Balaban J connectivity index is 2.34. The predicted molar refractivity (Wildman–Crippen MR) is 53.8 cm³/mol. The summed E-state index contributed by atoms with van der Waals surface area (Å²) < 4.78 is 0. The highest BCUT2D eigenvalue weighted by atomic mass is 16.4. The molecular formula is C9H9BN2O2. The van der Waals surface area contributed by atoms with Crippen LogP contribution in [-0.2, 0) is 0 Å². The third-order valence-electron chi connectivity index (χ3n) is 1.92. The Kier molecular flexibility index (Phi) is 2.34. The zero-order valence-corrected chi connectivity index (χ0v) is 7.38. The van der Waals surface area contributed by atoms with Crippen LogP contribution in [0.1, 0.15) is 0 Å². The van der Waals surface area contributed by atoms with Gasteiger partial charge < -0.3 is 15.0 Å². The molecule has 2 aromatic rings. The number of aromatic amines is 1. The highest BCUT2D eigenvalue weighted by Gasteiger charge is 2.14. The summed E-state index contributed by atoms with van der Waals surface area (Å²) in [5, 5.41) is 17.7. The van der Waals surface area contributed by atoms with Crippen LogP contribution < -0.4 is 5.59 Å². The number of rotatable bonds is 2. The highest BCUT2D eigenvalue weighted by molar-refractivity contribution is 6.57. The van der Waals surface area contributed by atoms with Gasteiger partial charge in [-0.05, 0) is 0 Å². The summed E-state index contributed by atoms with van der Waals surface area (Å²) in [6, 6.07) is 9.49. The van der Waals surface area contributed by atoms with Crippen LogP contribution in [0.3, 0.4) is 0 Å². The first-order chi connectivity index (χ1) is 6.77. The van der Waals surface area contributed by atoms with Gasteiger partial charge in [0.1, 0.15) is 5.82 Å².